The second-order valence-electron chi connectivity index (χ2n) is 8.78. The van der Waals surface area contributed by atoms with E-state index in [9.17, 15) is 10.3 Å². The molecule has 3 unspecified atom stereocenters. The summed E-state index contributed by atoms with van der Waals surface area (Å²) in [6.45, 7) is 13.5. The first-order valence-corrected chi connectivity index (χ1v) is 8.79. The lowest BCUT2D eigenvalue weighted by atomic mass is 9.63. The largest absolute Gasteiger partial charge is 0.473 e. The number of aliphatic carboxylic acids is 2. The van der Waals surface area contributed by atoms with Gasteiger partial charge in [-0.25, -0.2) is 9.59 Å². The van der Waals surface area contributed by atoms with Gasteiger partial charge in [0.15, 0.2) is 0 Å². The second-order valence-corrected chi connectivity index (χ2v) is 8.78. The maximum atomic E-state index is 10.3. The number of carbonyl (C=O) groups is 2. The summed E-state index contributed by atoms with van der Waals surface area (Å²) in [6, 6.07) is 0. The number of rotatable bonds is 4. The Morgan fingerprint density at radius 1 is 1.27 bits per heavy atom. The van der Waals surface area contributed by atoms with E-state index in [1.165, 1.54) is 0 Å². The summed E-state index contributed by atoms with van der Waals surface area (Å²) in [4.78, 5) is 18.2. The van der Waals surface area contributed by atoms with E-state index in [1.807, 2.05) is 0 Å². The molecule has 1 aliphatic rings. The molecular formula is C18H34N2O6. The zero-order valence-corrected chi connectivity index (χ0v) is 16.6. The zero-order valence-electron chi connectivity index (χ0n) is 16.6. The minimum absolute atomic E-state index is 0.00543. The van der Waals surface area contributed by atoms with Gasteiger partial charge in [0.05, 0.1) is 11.8 Å². The molecule has 5 N–H and O–H groups in total. The van der Waals surface area contributed by atoms with Crippen molar-refractivity contribution in [3.63, 3.8) is 0 Å². The number of aliphatic hydroxyl groups excluding tert-OH is 1. The predicted octanol–water partition coefficient (Wildman–Crippen LogP) is 2.18. The molecule has 0 radical (unpaired) electrons. The van der Waals surface area contributed by atoms with Crippen LogP contribution in [-0.4, -0.2) is 56.4 Å². The van der Waals surface area contributed by atoms with Crippen molar-refractivity contribution in [2.75, 3.05) is 6.54 Å². The fraction of sp³-hybridized carbons (Fsp3) is 0.833. The molecule has 0 aliphatic heterocycles. The average molecular weight is 374 g/mol. The molecule has 152 valence electrons. The molecule has 1 saturated carbocycles. The van der Waals surface area contributed by atoms with Gasteiger partial charge in [-0.3, -0.25) is 0 Å². The highest BCUT2D eigenvalue weighted by Crippen LogP contribution is 2.43. The number of hydrogen-bond donors (Lipinski definition) is 5. The van der Waals surface area contributed by atoms with Crippen LogP contribution in [-0.2, 0) is 9.59 Å². The van der Waals surface area contributed by atoms with Crippen molar-refractivity contribution in [3.05, 3.63) is 0 Å². The minimum atomic E-state index is -1.82. The van der Waals surface area contributed by atoms with Gasteiger partial charge in [-0.1, -0.05) is 25.9 Å². The zero-order chi connectivity index (χ0) is 20.7. The summed E-state index contributed by atoms with van der Waals surface area (Å²) >= 11 is 0. The van der Waals surface area contributed by atoms with Crippen LogP contribution in [0.3, 0.4) is 0 Å². The van der Waals surface area contributed by atoms with Gasteiger partial charge in [0, 0.05) is 18.0 Å². The highest BCUT2D eigenvalue weighted by molar-refractivity contribution is 6.27. The van der Waals surface area contributed by atoms with E-state index in [0.29, 0.717) is 18.9 Å². The third-order valence-electron chi connectivity index (χ3n) is 4.46. The Labute approximate surface area is 155 Å². The van der Waals surface area contributed by atoms with Gasteiger partial charge in [-0.15, -0.1) is 0 Å². The Hall–Kier alpha value is -1.67. The van der Waals surface area contributed by atoms with Gasteiger partial charge < -0.3 is 25.8 Å². The van der Waals surface area contributed by atoms with E-state index in [2.05, 4.69) is 52.0 Å². The van der Waals surface area contributed by atoms with Crippen molar-refractivity contribution in [3.8, 4) is 0 Å². The van der Waals surface area contributed by atoms with E-state index in [4.69, 9.17) is 19.8 Å². The molecule has 0 spiro atoms. The molecule has 1 fully saturated rings. The van der Waals surface area contributed by atoms with Crippen LogP contribution in [0.2, 0.25) is 0 Å². The summed E-state index contributed by atoms with van der Waals surface area (Å²) in [7, 11) is 0. The Balaban J connectivity index is 0.000000896. The van der Waals surface area contributed by atoms with E-state index >= 15 is 0 Å². The third-order valence-corrected chi connectivity index (χ3v) is 4.46. The van der Waals surface area contributed by atoms with Crippen molar-refractivity contribution in [2.45, 2.75) is 72.4 Å². The summed E-state index contributed by atoms with van der Waals surface area (Å²) in [6.07, 6.45) is 2.19. The lowest BCUT2D eigenvalue weighted by molar-refractivity contribution is -0.159. The van der Waals surface area contributed by atoms with Gasteiger partial charge in [-0.2, -0.15) is 0 Å². The highest BCUT2D eigenvalue weighted by atomic mass is 16.4. The molecule has 8 nitrogen and oxygen atoms in total. The van der Waals surface area contributed by atoms with E-state index in [-0.39, 0.29) is 16.9 Å². The maximum absolute atomic E-state index is 10.3. The van der Waals surface area contributed by atoms with Crippen molar-refractivity contribution < 1.29 is 30.1 Å². The fourth-order valence-electron chi connectivity index (χ4n) is 3.41. The number of β-amino-alcohol motifs (C(OH)–C–C–N with tert-alkyl or cyclic N) is 1. The number of nitrogens with one attached hydrogen (secondary N) is 1. The van der Waals surface area contributed by atoms with Crippen LogP contribution in [0, 0.1) is 17.3 Å². The lowest BCUT2D eigenvalue weighted by Gasteiger charge is -2.42. The summed E-state index contributed by atoms with van der Waals surface area (Å²) in [5.74, 6) is -2.96. The van der Waals surface area contributed by atoms with Crippen LogP contribution in [0.1, 0.15) is 60.8 Å². The van der Waals surface area contributed by atoms with E-state index in [1.54, 1.807) is 0 Å². The average Bonchev–Trinajstić information content (AvgIpc) is 2.46. The van der Waals surface area contributed by atoms with Crippen LogP contribution >= 0.6 is 0 Å². The van der Waals surface area contributed by atoms with Crippen molar-refractivity contribution in [1.82, 2.24) is 5.32 Å². The van der Waals surface area contributed by atoms with Gasteiger partial charge >= 0.3 is 11.9 Å². The molecule has 0 aromatic heterocycles. The topological polar surface area (TPSA) is 139 Å². The SMILES string of the molecule is CC1C/C(=N\O)C(CC(O)CNC(C)(C)C)C(C)(C)C1.O=C(O)C(=O)O. The molecule has 0 aromatic carbocycles. The van der Waals surface area contributed by atoms with Crippen LogP contribution < -0.4 is 5.32 Å². The molecule has 8 heteroatoms. The van der Waals surface area contributed by atoms with Crippen LogP contribution in [0.15, 0.2) is 5.16 Å². The smallest absolute Gasteiger partial charge is 0.414 e. The van der Waals surface area contributed by atoms with Crippen LogP contribution in [0.5, 0.6) is 0 Å². The summed E-state index contributed by atoms with van der Waals surface area (Å²) in [5.41, 5.74) is 0.927. The predicted molar refractivity (Wildman–Crippen MR) is 98.5 cm³/mol. The number of carboxylic acid groups (broad SMARTS) is 2. The number of nitrogens with zero attached hydrogens (tertiary/aromatic N) is 1. The third kappa shape index (κ3) is 9.15. The highest BCUT2D eigenvalue weighted by Gasteiger charge is 2.40. The first kappa shape index (κ1) is 24.3. The number of hydrogen-bond acceptors (Lipinski definition) is 6. The van der Waals surface area contributed by atoms with E-state index in [0.717, 1.165) is 18.6 Å². The Kier molecular flexibility index (Phi) is 9.24. The Morgan fingerprint density at radius 3 is 2.15 bits per heavy atom. The fourth-order valence-corrected chi connectivity index (χ4v) is 3.41. The first-order chi connectivity index (χ1) is 11.7. The Bertz CT molecular complexity index is 498. The summed E-state index contributed by atoms with van der Waals surface area (Å²) < 4.78 is 0. The minimum Gasteiger partial charge on any atom is -0.473 e. The van der Waals surface area contributed by atoms with Crippen molar-refractivity contribution >= 4 is 17.7 Å². The molecule has 1 rings (SSSR count). The lowest BCUT2D eigenvalue weighted by Crippen LogP contribution is -2.45. The number of oxime groups is 1. The molecule has 3 atom stereocenters. The second kappa shape index (κ2) is 9.87. The molecule has 0 aromatic rings. The number of aliphatic hydroxyl groups is 1. The molecule has 0 bridgehead atoms. The molecule has 0 heterocycles. The van der Waals surface area contributed by atoms with Crippen molar-refractivity contribution in [2.24, 2.45) is 22.4 Å². The van der Waals surface area contributed by atoms with Gasteiger partial charge in [0.1, 0.15) is 0 Å². The molecule has 0 saturated heterocycles. The molecule has 0 amide bonds. The number of carboxylic acids is 2. The van der Waals surface area contributed by atoms with Gasteiger partial charge in [0.25, 0.3) is 0 Å². The van der Waals surface area contributed by atoms with E-state index < -0.39 is 18.0 Å². The molecule has 1 aliphatic carbocycles. The maximum Gasteiger partial charge on any atom is 0.414 e. The first-order valence-electron chi connectivity index (χ1n) is 8.79. The summed E-state index contributed by atoms with van der Waals surface area (Å²) in [5, 5.41) is 41.2. The quantitative estimate of drug-likeness (QED) is 0.289. The van der Waals surface area contributed by atoms with Gasteiger partial charge in [0.2, 0.25) is 0 Å². The molecule has 26 heavy (non-hydrogen) atoms. The van der Waals surface area contributed by atoms with Crippen LogP contribution in [0.25, 0.3) is 0 Å². The van der Waals surface area contributed by atoms with Crippen LogP contribution in [0.4, 0.5) is 0 Å². The van der Waals surface area contributed by atoms with Crippen molar-refractivity contribution in [1.29, 1.82) is 0 Å². The monoisotopic (exact) mass is 374 g/mol. The standard InChI is InChI=1S/C16H32N2O2.C2H2O4/c1-11-7-14(18-20)13(16(5,6)9-11)8-12(19)10-17-15(2,3)4;3-1(4)2(5)6/h11-13,17,19-20H,7-10H2,1-6H3;(H,3,4)(H,5,6)/b18-14+;. The molecular weight excluding hydrogens is 340 g/mol. The normalized spacial score (nSPS) is 25.1. The Morgan fingerprint density at radius 2 is 1.77 bits per heavy atom. The van der Waals surface area contributed by atoms with Gasteiger partial charge in [-0.05, 0) is 51.4 Å².